The quantitative estimate of drug-likeness (QED) is 0.556. The van der Waals surface area contributed by atoms with Gasteiger partial charge in [-0.15, -0.1) is 0 Å². The predicted octanol–water partition coefficient (Wildman–Crippen LogP) is 2.35. The first-order valence-electron chi connectivity index (χ1n) is 11.6. The highest BCUT2D eigenvalue weighted by molar-refractivity contribution is 5.96. The number of carbonyl (C=O) groups excluding carboxylic acids is 3. The SMILES string of the molecule is CC(C)(C)OC(=O)NC1CCCCCC=CC2CC2(C(=O)O)NC(=O)C2CCCN2C1=O. The van der Waals surface area contributed by atoms with E-state index in [1.807, 2.05) is 12.2 Å². The van der Waals surface area contributed by atoms with E-state index in [0.29, 0.717) is 32.2 Å². The predicted molar refractivity (Wildman–Crippen MR) is 117 cm³/mol. The average molecular weight is 450 g/mol. The number of carboxylic acid groups (broad SMARTS) is 1. The summed E-state index contributed by atoms with van der Waals surface area (Å²) in [4.78, 5) is 52.2. The Bertz CT molecular complexity index is 789. The van der Waals surface area contributed by atoms with Crippen molar-refractivity contribution in [3.8, 4) is 0 Å². The van der Waals surface area contributed by atoms with Gasteiger partial charge in [0.25, 0.3) is 0 Å². The summed E-state index contributed by atoms with van der Waals surface area (Å²) in [5.74, 6) is -2.05. The van der Waals surface area contributed by atoms with Crippen LogP contribution in [-0.2, 0) is 19.1 Å². The van der Waals surface area contributed by atoms with Gasteiger partial charge in [-0.25, -0.2) is 9.59 Å². The summed E-state index contributed by atoms with van der Waals surface area (Å²) in [6, 6.07) is -1.53. The van der Waals surface area contributed by atoms with Crippen molar-refractivity contribution in [2.45, 2.75) is 95.4 Å². The maximum atomic E-state index is 13.4. The third-order valence-corrected chi connectivity index (χ3v) is 6.30. The summed E-state index contributed by atoms with van der Waals surface area (Å²) in [6.07, 6.45) is 8.43. The third kappa shape index (κ3) is 5.61. The Morgan fingerprint density at radius 3 is 2.62 bits per heavy atom. The Kier molecular flexibility index (Phi) is 7.15. The summed E-state index contributed by atoms with van der Waals surface area (Å²) in [5, 5.41) is 15.2. The van der Waals surface area contributed by atoms with Gasteiger partial charge < -0.3 is 25.4 Å². The molecule has 0 aromatic heterocycles. The largest absolute Gasteiger partial charge is 0.479 e. The zero-order valence-electron chi connectivity index (χ0n) is 19.2. The molecule has 0 aromatic rings. The lowest BCUT2D eigenvalue weighted by Gasteiger charge is -2.30. The summed E-state index contributed by atoms with van der Waals surface area (Å²) in [5.41, 5.74) is -1.99. The maximum absolute atomic E-state index is 13.4. The molecular weight excluding hydrogens is 414 g/mol. The number of amides is 3. The smallest absolute Gasteiger partial charge is 0.408 e. The molecule has 3 rings (SSSR count). The van der Waals surface area contributed by atoms with E-state index in [0.717, 1.165) is 25.7 Å². The molecule has 2 fully saturated rings. The number of ether oxygens (including phenoxy) is 1. The molecule has 9 heteroatoms. The fourth-order valence-electron chi connectivity index (χ4n) is 4.52. The van der Waals surface area contributed by atoms with E-state index in [-0.39, 0.29) is 11.8 Å². The van der Waals surface area contributed by atoms with Crippen LogP contribution in [0.1, 0.15) is 72.1 Å². The number of hydrogen-bond acceptors (Lipinski definition) is 5. The lowest BCUT2D eigenvalue weighted by Crippen LogP contribution is -2.56. The molecular formula is C23H35N3O6. The molecule has 1 saturated carbocycles. The minimum absolute atomic E-state index is 0.235. The van der Waals surface area contributed by atoms with Crippen molar-refractivity contribution in [2.75, 3.05) is 6.54 Å². The number of nitrogens with one attached hydrogen (secondary N) is 2. The molecule has 0 spiro atoms. The molecule has 32 heavy (non-hydrogen) atoms. The summed E-state index contributed by atoms with van der Waals surface area (Å²) >= 11 is 0. The third-order valence-electron chi connectivity index (χ3n) is 6.30. The zero-order valence-corrected chi connectivity index (χ0v) is 19.2. The van der Waals surface area contributed by atoms with Crippen molar-refractivity contribution < 1.29 is 29.0 Å². The van der Waals surface area contributed by atoms with Gasteiger partial charge in [-0.3, -0.25) is 9.59 Å². The summed E-state index contributed by atoms with van der Waals surface area (Å²) < 4.78 is 5.33. The average Bonchev–Trinajstić information content (AvgIpc) is 3.16. The van der Waals surface area contributed by atoms with Crippen LogP contribution >= 0.6 is 0 Å². The van der Waals surface area contributed by atoms with Crippen molar-refractivity contribution in [3.63, 3.8) is 0 Å². The molecule has 1 aliphatic carbocycles. The summed E-state index contributed by atoms with van der Waals surface area (Å²) in [6.45, 7) is 5.65. The topological polar surface area (TPSA) is 125 Å². The Morgan fingerprint density at radius 2 is 1.94 bits per heavy atom. The van der Waals surface area contributed by atoms with E-state index < -0.39 is 41.2 Å². The van der Waals surface area contributed by atoms with Crippen LogP contribution in [0.3, 0.4) is 0 Å². The van der Waals surface area contributed by atoms with E-state index >= 15 is 0 Å². The second-order valence-electron chi connectivity index (χ2n) is 10.0. The van der Waals surface area contributed by atoms with Gasteiger partial charge in [0.15, 0.2) is 0 Å². The molecule has 2 heterocycles. The molecule has 3 N–H and O–H groups in total. The van der Waals surface area contributed by atoms with Crippen LogP contribution in [0.4, 0.5) is 4.79 Å². The van der Waals surface area contributed by atoms with Crippen LogP contribution in [0.5, 0.6) is 0 Å². The van der Waals surface area contributed by atoms with E-state index in [4.69, 9.17) is 4.74 Å². The number of carbonyl (C=O) groups is 4. The highest BCUT2D eigenvalue weighted by Crippen LogP contribution is 2.45. The van der Waals surface area contributed by atoms with E-state index in [2.05, 4.69) is 10.6 Å². The van der Waals surface area contributed by atoms with Crippen molar-refractivity contribution in [1.29, 1.82) is 0 Å². The second kappa shape index (κ2) is 9.50. The van der Waals surface area contributed by atoms with Gasteiger partial charge in [0.1, 0.15) is 23.2 Å². The Morgan fingerprint density at radius 1 is 1.19 bits per heavy atom. The zero-order chi connectivity index (χ0) is 23.5. The minimum Gasteiger partial charge on any atom is -0.479 e. The van der Waals surface area contributed by atoms with Gasteiger partial charge >= 0.3 is 12.1 Å². The van der Waals surface area contributed by atoms with Crippen molar-refractivity contribution in [2.24, 2.45) is 5.92 Å². The number of fused-ring (bicyclic) bond motifs is 2. The van der Waals surface area contributed by atoms with Gasteiger partial charge in [-0.1, -0.05) is 25.0 Å². The molecule has 0 bridgehead atoms. The lowest BCUT2D eigenvalue weighted by molar-refractivity contribution is -0.145. The Labute approximate surface area is 188 Å². The van der Waals surface area contributed by atoms with Crippen LogP contribution in [-0.4, -0.2) is 63.7 Å². The molecule has 1 saturated heterocycles. The lowest BCUT2D eigenvalue weighted by atomic mass is 10.0. The molecule has 2 aliphatic heterocycles. The molecule has 0 radical (unpaired) electrons. The standard InChI is InChI=1S/C23H35N3O6/c1-22(2,3)32-21(31)24-16-11-8-6-4-5-7-10-15-14-23(15,20(29)30)25-18(27)17-12-9-13-26(17)19(16)28/h7,10,15-17H,4-6,8-9,11-14H2,1-3H3,(H,24,31)(H,25,27)(H,29,30). The molecule has 3 aliphatic rings. The molecule has 3 amide bonds. The Balaban J connectivity index is 1.79. The first-order valence-corrected chi connectivity index (χ1v) is 11.6. The summed E-state index contributed by atoms with van der Waals surface area (Å²) in [7, 11) is 0. The van der Waals surface area contributed by atoms with Gasteiger partial charge in [-0.2, -0.15) is 0 Å². The van der Waals surface area contributed by atoms with E-state index in [1.54, 1.807) is 20.8 Å². The van der Waals surface area contributed by atoms with Crippen LogP contribution < -0.4 is 10.6 Å². The highest BCUT2D eigenvalue weighted by Gasteiger charge is 2.61. The number of alkyl carbamates (subject to hydrolysis) is 1. The fourth-order valence-corrected chi connectivity index (χ4v) is 4.52. The van der Waals surface area contributed by atoms with Gasteiger partial charge in [0.05, 0.1) is 0 Å². The van der Waals surface area contributed by atoms with Crippen molar-refractivity contribution in [3.05, 3.63) is 12.2 Å². The van der Waals surface area contributed by atoms with Crippen molar-refractivity contribution >= 4 is 23.9 Å². The van der Waals surface area contributed by atoms with Crippen LogP contribution in [0.25, 0.3) is 0 Å². The monoisotopic (exact) mass is 449 g/mol. The van der Waals surface area contributed by atoms with E-state index in [9.17, 15) is 24.3 Å². The normalized spacial score (nSPS) is 31.5. The molecule has 178 valence electrons. The maximum Gasteiger partial charge on any atom is 0.408 e. The van der Waals surface area contributed by atoms with Gasteiger partial charge in [0, 0.05) is 12.5 Å². The van der Waals surface area contributed by atoms with Crippen LogP contribution in [0, 0.1) is 5.92 Å². The number of carboxylic acids is 1. The minimum atomic E-state index is -1.29. The first kappa shape index (κ1) is 24.1. The van der Waals surface area contributed by atoms with Crippen LogP contribution in [0.2, 0.25) is 0 Å². The number of allylic oxidation sites excluding steroid dienone is 1. The number of aliphatic carboxylic acids is 1. The second-order valence-corrected chi connectivity index (χ2v) is 10.0. The van der Waals surface area contributed by atoms with E-state index in [1.165, 1.54) is 4.90 Å². The number of nitrogens with zero attached hydrogens (tertiary/aromatic N) is 1. The fraction of sp³-hybridized carbons (Fsp3) is 0.739. The molecule has 4 unspecified atom stereocenters. The molecule has 9 nitrogen and oxygen atoms in total. The first-order chi connectivity index (χ1) is 15.0. The Hall–Kier alpha value is -2.58. The molecule has 0 aromatic carbocycles. The van der Waals surface area contributed by atoms with Gasteiger partial charge in [0.2, 0.25) is 11.8 Å². The van der Waals surface area contributed by atoms with Gasteiger partial charge in [-0.05, 0) is 59.3 Å². The highest BCUT2D eigenvalue weighted by atomic mass is 16.6. The van der Waals surface area contributed by atoms with Crippen molar-refractivity contribution in [1.82, 2.24) is 15.5 Å². The molecule has 4 atom stereocenters. The number of hydrogen-bond donors (Lipinski definition) is 3. The van der Waals surface area contributed by atoms with Crippen LogP contribution in [0.15, 0.2) is 12.2 Å². The number of rotatable bonds is 2.